The van der Waals surface area contributed by atoms with Gasteiger partial charge in [0.2, 0.25) is 0 Å². The van der Waals surface area contributed by atoms with Crippen LogP contribution in [0.1, 0.15) is 32.6 Å². The van der Waals surface area contributed by atoms with Crippen LogP contribution >= 0.6 is 0 Å². The largest absolute Gasteiger partial charge is 0.327 e. The van der Waals surface area contributed by atoms with Crippen LogP contribution in [0.15, 0.2) is 0 Å². The molecule has 0 radical (unpaired) electrons. The molecule has 0 aromatic rings. The Hall–Kier alpha value is -0.0800. The molecule has 4 atom stereocenters. The minimum atomic E-state index is 0.476. The molecule has 2 heterocycles. The molecule has 2 rings (SSSR count). The van der Waals surface area contributed by atoms with Gasteiger partial charge in [0.1, 0.15) is 0 Å². The zero-order valence-corrected chi connectivity index (χ0v) is 8.16. The molecule has 0 amide bonds. The fraction of sp³-hybridized carbons (Fsp3) is 1.00. The van der Waals surface area contributed by atoms with Crippen molar-refractivity contribution in [2.24, 2.45) is 11.7 Å². The van der Waals surface area contributed by atoms with E-state index in [0.29, 0.717) is 6.04 Å². The lowest BCUT2D eigenvalue weighted by atomic mass is 9.84. The van der Waals surface area contributed by atoms with E-state index in [4.69, 9.17) is 5.73 Å². The second-order valence-electron chi connectivity index (χ2n) is 4.44. The summed E-state index contributed by atoms with van der Waals surface area (Å²) in [5.74, 6) is 0.758. The molecule has 12 heavy (non-hydrogen) atoms. The molecular formula is C10H20N2. The van der Waals surface area contributed by atoms with Crippen molar-refractivity contribution in [3.63, 3.8) is 0 Å². The predicted octanol–water partition coefficient (Wildman–Crippen LogP) is 1.21. The summed E-state index contributed by atoms with van der Waals surface area (Å²) in [6.45, 7) is 2.27. The molecule has 2 N–H and O–H groups in total. The van der Waals surface area contributed by atoms with Gasteiger partial charge in [-0.05, 0) is 32.2 Å². The molecule has 0 aliphatic carbocycles. The van der Waals surface area contributed by atoms with Crippen molar-refractivity contribution < 1.29 is 0 Å². The molecule has 2 nitrogen and oxygen atoms in total. The maximum absolute atomic E-state index is 6.15. The minimum absolute atomic E-state index is 0.476. The predicted molar refractivity (Wildman–Crippen MR) is 50.9 cm³/mol. The summed E-state index contributed by atoms with van der Waals surface area (Å²) in [6, 6.07) is 2.07. The molecule has 2 saturated heterocycles. The number of fused-ring (bicyclic) bond motifs is 2. The summed E-state index contributed by atoms with van der Waals surface area (Å²) in [5, 5.41) is 0. The summed E-state index contributed by atoms with van der Waals surface area (Å²) in [5.41, 5.74) is 6.15. The van der Waals surface area contributed by atoms with Crippen molar-refractivity contribution in [2.45, 2.75) is 50.7 Å². The zero-order valence-electron chi connectivity index (χ0n) is 8.16. The maximum atomic E-state index is 6.15. The highest BCUT2D eigenvalue weighted by Gasteiger charge is 2.42. The quantitative estimate of drug-likeness (QED) is 0.637. The van der Waals surface area contributed by atoms with Crippen LogP contribution in [-0.4, -0.2) is 30.1 Å². The highest BCUT2D eigenvalue weighted by atomic mass is 15.2. The molecule has 0 aromatic carbocycles. The first-order chi connectivity index (χ1) is 5.74. The lowest BCUT2D eigenvalue weighted by molar-refractivity contribution is 0.0996. The van der Waals surface area contributed by atoms with E-state index in [1.807, 2.05) is 0 Å². The van der Waals surface area contributed by atoms with E-state index in [1.165, 1.54) is 25.7 Å². The lowest BCUT2D eigenvalue weighted by Gasteiger charge is -2.41. The van der Waals surface area contributed by atoms with Crippen LogP contribution in [0.5, 0.6) is 0 Å². The van der Waals surface area contributed by atoms with Gasteiger partial charge in [0, 0.05) is 18.1 Å². The first-order valence-corrected chi connectivity index (χ1v) is 5.21. The van der Waals surface area contributed by atoms with E-state index in [2.05, 4.69) is 18.9 Å². The van der Waals surface area contributed by atoms with Crippen LogP contribution in [0, 0.1) is 5.92 Å². The molecule has 2 aliphatic heterocycles. The Morgan fingerprint density at radius 2 is 2.17 bits per heavy atom. The second kappa shape index (κ2) is 3.00. The SMILES string of the molecule is CCC1C(N)CC2CCC1N2C. The Labute approximate surface area is 75.1 Å². The van der Waals surface area contributed by atoms with Gasteiger partial charge in [-0.1, -0.05) is 13.3 Å². The van der Waals surface area contributed by atoms with Gasteiger partial charge in [-0.3, -0.25) is 0 Å². The van der Waals surface area contributed by atoms with E-state index in [9.17, 15) is 0 Å². The van der Waals surface area contributed by atoms with Gasteiger partial charge in [0.15, 0.2) is 0 Å². The number of nitrogens with zero attached hydrogens (tertiary/aromatic N) is 1. The minimum Gasteiger partial charge on any atom is -0.327 e. The standard InChI is InChI=1S/C10H20N2/c1-3-8-9(11)6-7-4-5-10(8)12(7)2/h7-10H,3-6,11H2,1-2H3. The van der Waals surface area contributed by atoms with Crippen LogP contribution in [0.4, 0.5) is 0 Å². The second-order valence-corrected chi connectivity index (χ2v) is 4.44. The van der Waals surface area contributed by atoms with E-state index in [-0.39, 0.29) is 0 Å². The molecule has 4 unspecified atom stereocenters. The van der Waals surface area contributed by atoms with Gasteiger partial charge in [-0.15, -0.1) is 0 Å². The Bertz CT molecular complexity index is 169. The van der Waals surface area contributed by atoms with Crippen molar-refractivity contribution in [1.82, 2.24) is 4.90 Å². The summed E-state index contributed by atoms with van der Waals surface area (Å²) < 4.78 is 0. The summed E-state index contributed by atoms with van der Waals surface area (Å²) >= 11 is 0. The number of rotatable bonds is 1. The molecule has 0 spiro atoms. The van der Waals surface area contributed by atoms with Crippen molar-refractivity contribution in [2.75, 3.05) is 7.05 Å². The fourth-order valence-corrected chi connectivity index (χ4v) is 3.19. The van der Waals surface area contributed by atoms with Crippen molar-refractivity contribution in [1.29, 1.82) is 0 Å². The molecule has 2 bridgehead atoms. The zero-order chi connectivity index (χ0) is 8.72. The van der Waals surface area contributed by atoms with E-state index < -0.39 is 0 Å². The highest BCUT2D eigenvalue weighted by molar-refractivity contribution is 4.99. The highest BCUT2D eigenvalue weighted by Crippen LogP contribution is 2.38. The molecule has 2 fully saturated rings. The average Bonchev–Trinajstić information content (AvgIpc) is 2.34. The van der Waals surface area contributed by atoms with E-state index >= 15 is 0 Å². The maximum Gasteiger partial charge on any atom is 0.0139 e. The molecule has 2 heteroatoms. The van der Waals surface area contributed by atoms with E-state index in [0.717, 1.165) is 18.0 Å². The Morgan fingerprint density at radius 3 is 2.83 bits per heavy atom. The third-order valence-corrected chi connectivity index (χ3v) is 3.95. The monoisotopic (exact) mass is 168 g/mol. The van der Waals surface area contributed by atoms with Gasteiger partial charge in [0.05, 0.1) is 0 Å². The van der Waals surface area contributed by atoms with Gasteiger partial charge < -0.3 is 10.6 Å². The van der Waals surface area contributed by atoms with Gasteiger partial charge in [-0.2, -0.15) is 0 Å². The Morgan fingerprint density at radius 1 is 1.42 bits per heavy atom. The molecule has 0 saturated carbocycles. The Kier molecular flexibility index (Phi) is 2.13. The van der Waals surface area contributed by atoms with Crippen LogP contribution in [0.25, 0.3) is 0 Å². The third-order valence-electron chi connectivity index (χ3n) is 3.95. The van der Waals surface area contributed by atoms with E-state index in [1.54, 1.807) is 0 Å². The Balaban J connectivity index is 2.14. The van der Waals surface area contributed by atoms with Crippen LogP contribution in [0.3, 0.4) is 0 Å². The summed E-state index contributed by atoms with van der Waals surface area (Å²) in [4.78, 5) is 2.57. The topological polar surface area (TPSA) is 29.3 Å². The van der Waals surface area contributed by atoms with Crippen molar-refractivity contribution in [3.8, 4) is 0 Å². The molecule has 0 aromatic heterocycles. The summed E-state index contributed by atoms with van der Waals surface area (Å²) in [6.07, 6.45) is 5.24. The normalized spacial score (nSPS) is 48.2. The van der Waals surface area contributed by atoms with Crippen molar-refractivity contribution >= 4 is 0 Å². The third kappa shape index (κ3) is 1.09. The van der Waals surface area contributed by atoms with Gasteiger partial charge in [0.25, 0.3) is 0 Å². The summed E-state index contributed by atoms with van der Waals surface area (Å²) in [7, 11) is 2.27. The first kappa shape index (κ1) is 8.52. The van der Waals surface area contributed by atoms with Crippen LogP contribution < -0.4 is 5.73 Å². The molecule has 70 valence electrons. The van der Waals surface area contributed by atoms with Gasteiger partial charge in [-0.25, -0.2) is 0 Å². The fourth-order valence-electron chi connectivity index (χ4n) is 3.19. The number of hydrogen-bond donors (Lipinski definition) is 1. The number of piperidine rings is 1. The smallest absolute Gasteiger partial charge is 0.0139 e. The number of nitrogens with two attached hydrogens (primary N) is 1. The first-order valence-electron chi connectivity index (χ1n) is 5.21. The lowest BCUT2D eigenvalue weighted by Crippen LogP contribution is -2.51. The van der Waals surface area contributed by atoms with Crippen LogP contribution in [-0.2, 0) is 0 Å². The van der Waals surface area contributed by atoms with Crippen LogP contribution in [0.2, 0.25) is 0 Å². The molecular weight excluding hydrogens is 148 g/mol. The molecule has 2 aliphatic rings. The average molecular weight is 168 g/mol. The van der Waals surface area contributed by atoms with Crippen molar-refractivity contribution in [3.05, 3.63) is 0 Å². The van der Waals surface area contributed by atoms with Gasteiger partial charge >= 0.3 is 0 Å². The number of hydrogen-bond acceptors (Lipinski definition) is 2.